The van der Waals surface area contributed by atoms with Crippen molar-refractivity contribution in [2.75, 3.05) is 19.5 Å². The second kappa shape index (κ2) is 8.00. The van der Waals surface area contributed by atoms with Gasteiger partial charge in [-0.05, 0) is 59.0 Å². The molecule has 0 atom stereocenters. The fourth-order valence-corrected chi connectivity index (χ4v) is 2.64. The van der Waals surface area contributed by atoms with Crippen molar-refractivity contribution in [1.82, 2.24) is 0 Å². The van der Waals surface area contributed by atoms with Crippen molar-refractivity contribution in [2.45, 2.75) is 6.92 Å². The van der Waals surface area contributed by atoms with Crippen LogP contribution in [0.1, 0.15) is 17.3 Å². The van der Waals surface area contributed by atoms with E-state index in [1.54, 1.807) is 36.4 Å². The monoisotopic (exact) mass is 441 g/mol. The molecule has 0 aliphatic rings. The first-order valence-corrected chi connectivity index (χ1v) is 8.04. The van der Waals surface area contributed by atoms with Gasteiger partial charge in [0.1, 0.15) is 5.75 Å². The molecule has 0 aliphatic carbocycles. The molecule has 24 heavy (non-hydrogen) atoms. The van der Waals surface area contributed by atoms with Gasteiger partial charge in [0.25, 0.3) is 0 Å². The Kier molecular flexibility index (Phi) is 6.02. The number of hydrogen-bond donors (Lipinski definition) is 1. The zero-order valence-corrected chi connectivity index (χ0v) is 15.5. The van der Waals surface area contributed by atoms with Gasteiger partial charge in [0.2, 0.25) is 5.91 Å². The van der Waals surface area contributed by atoms with E-state index in [0.717, 1.165) is 0 Å². The van der Waals surface area contributed by atoms with Crippen LogP contribution in [0.5, 0.6) is 17.2 Å². The van der Waals surface area contributed by atoms with Crippen LogP contribution in [0, 0.1) is 3.57 Å². The summed E-state index contributed by atoms with van der Waals surface area (Å²) in [4.78, 5) is 23.4. The number of methoxy groups -OCH3 is 2. The quantitative estimate of drug-likeness (QED) is 0.437. The molecule has 1 N–H and O–H groups in total. The van der Waals surface area contributed by atoms with Crippen LogP contribution in [0.2, 0.25) is 0 Å². The molecule has 0 saturated carbocycles. The number of nitrogens with one attached hydrogen (secondary N) is 1. The lowest BCUT2D eigenvalue weighted by molar-refractivity contribution is -0.114. The first-order valence-electron chi connectivity index (χ1n) is 6.96. The number of ether oxygens (including phenoxy) is 3. The summed E-state index contributed by atoms with van der Waals surface area (Å²) in [5, 5.41) is 2.64. The van der Waals surface area contributed by atoms with Gasteiger partial charge in [-0.2, -0.15) is 0 Å². The number of halogens is 1. The minimum Gasteiger partial charge on any atom is -0.493 e. The van der Waals surface area contributed by atoms with Gasteiger partial charge in [0.05, 0.1) is 19.8 Å². The molecular formula is C17H16INO5. The zero-order valence-electron chi connectivity index (χ0n) is 13.4. The molecular weight excluding hydrogens is 425 g/mol. The molecule has 7 heteroatoms. The molecule has 0 spiro atoms. The van der Waals surface area contributed by atoms with Crippen LogP contribution in [0.4, 0.5) is 5.69 Å². The fraction of sp³-hybridized carbons (Fsp3) is 0.176. The third kappa shape index (κ3) is 4.38. The average Bonchev–Trinajstić information content (AvgIpc) is 2.55. The van der Waals surface area contributed by atoms with Crippen molar-refractivity contribution in [3.63, 3.8) is 0 Å². The van der Waals surface area contributed by atoms with E-state index >= 15 is 0 Å². The highest BCUT2D eigenvalue weighted by Gasteiger charge is 2.17. The predicted octanol–water partition coefficient (Wildman–Crippen LogP) is 3.49. The summed E-state index contributed by atoms with van der Waals surface area (Å²) in [6, 6.07) is 9.81. The molecule has 0 saturated heterocycles. The summed E-state index contributed by atoms with van der Waals surface area (Å²) in [7, 11) is 3.03. The lowest BCUT2D eigenvalue weighted by Crippen LogP contribution is -2.11. The molecule has 6 nitrogen and oxygen atoms in total. The van der Waals surface area contributed by atoms with Crippen LogP contribution in [-0.4, -0.2) is 26.1 Å². The Morgan fingerprint density at radius 2 is 1.58 bits per heavy atom. The summed E-state index contributed by atoms with van der Waals surface area (Å²) in [5.41, 5.74) is 1.00. The normalized spacial score (nSPS) is 10.0. The zero-order chi connectivity index (χ0) is 17.7. The topological polar surface area (TPSA) is 73.9 Å². The predicted molar refractivity (Wildman–Crippen MR) is 98.0 cm³/mol. The number of anilines is 1. The molecule has 0 unspecified atom stereocenters. The molecule has 0 radical (unpaired) electrons. The highest BCUT2D eigenvalue weighted by molar-refractivity contribution is 14.1. The molecule has 0 aliphatic heterocycles. The van der Waals surface area contributed by atoms with Crippen LogP contribution < -0.4 is 19.5 Å². The van der Waals surface area contributed by atoms with Gasteiger partial charge in [-0.1, -0.05) is 0 Å². The van der Waals surface area contributed by atoms with E-state index in [2.05, 4.69) is 5.32 Å². The molecule has 0 fully saturated rings. The smallest absolute Gasteiger partial charge is 0.344 e. The van der Waals surface area contributed by atoms with Gasteiger partial charge in [-0.25, -0.2) is 4.79 Å². The van der Waals surface area contributed by atoms with Gasteiger partial charge in [0.15, 0.2) is 11.5 Å². The SMILES string of the molecule is COc1cc(I)c(C(=O)Oc2ccc(NC(C)=O)cc2)cc1OC. The number of esters is 1. The van der Waals surface area contributed by atoms with E-state index in [-0.39, 0.29) is 5.91 Å². The van der Waals surface area contributed by atoms with Crippen molar-refractivity contribution < 1.29 is 23.8 Å². The lowest BCUT2D eigenvalue weighted by atomic mass is 10.2. The summed E-state index contributed by atoms with van der Waals surface area (Å²) in [6.45, 7) is 1.42. The first kappa shape index (κ1) is 18.1. The maximum Gasteiger partial charge on any atom is 0.344 e. The standard InChI is InChI=1S/C17H16INO5/c1-10(20)19-11-4-6-12(7-5-11)24-17(21)13-8-15(22-2)16(23-3)9-14(13)18/h4-9H,1-3H3,(H,19,20). The lowest BCUT2D eigenvalue weighted by Gasteiger charge is -2.12. The third-order valence-corrected chi connectivity index (χ3v) is 3.97. The van der Waals surface area contributed by atoms with Crippen LogP contribution in [-0.2, 0) is 4.79 Å². The molecule has 2 rings (SSSR count). The van der Waals surface area contributed by atoms with Crippen LogP contribution in [0.15, 0.2) is 36.4 Å². The Morgan fingerprint density at radius 3 is 2.12 bits per heavy atom. The van der Waals surface area contributed by atoms with E-state index in [4.69, 9.17) is 14.2 Å². The molecule has 0 aromatic heterocycles. The molecule has 126 valence electrons. The fourth-order valence-electron chi connectivity index (χ4n) is 1.98. The van der Waals surface area contributed by atoms with Gasteiger partial charge < -0.3 is 19.5 Å². The maximum absolute atomic E-state index is 12.4. The van der Waals surface area contributed by atoms with E-state index < -0.39 is 5.97 Å². The number of carbonyl (C=O) groups excluding carboxylic acids is 2. The van der Waals surface area contributed by atoms with Crippen LogP contribution in [0.3, 0.4) is 0 Å². The number of hydrogen-bond acceptors (Lipinski definition) is 5. The van der Waals surface area contributed by atoms with E-state index in [1.165, 1.54) is 21.1 Å². The van der Waals surface area contributed by atoms with Crippen LogP contribution in [0.25, 0.3) is 0 Å². The minimum atomic E-state index is -0.507. The number of amides is 1. The second-order valence-corrected chi connectivity index (χ2v) is 5.94. The van der Waals surface area contributed by atoms with Gasteiger partial charge in [-0.3, -0.25) is 4.79 Å². The van der Waals surface area contributed by atoms with Gasteiger partial charge in [0, 0.05) is 16.2 Å². The summed E-state index contributed by atoms with van der Waals surface area (Å²) >= 11 is 2.03. The molecule has 2 aromatic carbocycles. The Balaban J connectivity index is 2.19. The second-order valence-electron chi connectivity index (χ2n) is 4.78. The van der Waals surface area contributed by atoms with Crippen molar-refractivity contribution in [3.8, 4) is 17.2 Å². The summed E-state index contributed by atoms with van der Waals surface area (Å²) < 4.78 is 16.5. The maximum atomic E-state index is 12.4. The molecule has 0 bridgehead atoms. The minimum absolute atomic E-state index is 0.167. The number of rotatable bonds is 5. The third-order valence-electron chi connectivity index (χ3n) is 3.08. The number of benzene rings is 2. The first-order chi connectivity index (χ1) is 11.4. The Labute approximate surface area is 153 Å². The van der Waals surface area contributed by atoms with Gasteiger partial charge in [-0.15, -0.1) is 0 Å². The highest BCUT2D eigenvalue weighted by Crippen LogP contribution is 2.32. The average molecular weight is 441 g/mol. The summed E-state index contributed by atoms with van der Waals surface area (Å²) in [6.07, 6.45) is 0. The molecule has 1 amide bonds. The van der Waals surface area contributed by atoms with E-state index in [9.17, 15) is 9.59 Å². The van der Waals surface area contributed by atoms with Crippen LogP contribution >= 0.6 is 22.6 Å². The van der Waals surface area contributed by atoms with E-state index in [0.29, 0.717) is 32.1 Å². The van der Waals surface area contributed by atoms with Gasteiger partial charge >= 0.3 is 5.97 Å². The highest BCUT2D eigenvalue weighted by atomic mass is 127. The Bertz CT molecular complexity index is 758. The Morgan fingerprint density at radius 1 is 1.00 bits per heavy atom. The van der Waals surface area contributed by atoms with Crippen molar-refractivity contribution in [3.05, 3.63) is 45.5 Å². The number of carbonyl (C=O) groups is 2. The van der Waals surface area contributed by atoms with Crippen molar-refractivity contribution >= 4 is 40.2 Å². The van der Waals surface area contributed by atoms with E-state index in [1.807, 2.05) is 22.6 Å². The van der Waals surface area contributed by atoms with Crippen molar-refractivity contribution in [2.24, 2.45) is 0 Å². The molecule has 0 heterocycles. The molecule has 2 aromatic rings. The van der Waals surface area contributed by atoms with Crippen molar-refractivity contribution in [1.29, 1.82) is 0 Å². The summed E-state index contributed by atoms with van der Waals surface area (Å²) in [5.74, 6) is 0.691. The Hall–Kier alpha value is -2.29. The largest absolute Gasteiger partial charge is 0.493 e.